The van der Waals surface area contributed by atoms with Gasteiger partial charge in [-0.1, -0.05) is 30.4 Å². The van der Waals surface area contributed by atoms with Crippen LogP contribution in [0.1, 0.15) is 23.3 Å². The molecule has 4 rings (SSSR count). The van der Waals surface area contributed by atoms with E-state index < -0.39 is 5.91 Å². The summed E-state index contributed by atoms with van der Waals surface area (Å²) < 4.78 is 0. The second kappa shape index (κ2) is 4.91. The first-order valence-electron chi connectivity index (χ1n) is 7.25. The predicted molar refractivity (Wildman–Crippen MR) is 82.6 cm³/mol. The minimum atomic E-state index is -0.408. The Bertz CT molecular complexity index is 881. The molecule has 110 valence electrons. The maximum absolute atomic E-state index is 12.3. The van der Waals surface area contributed by atoms with Crippen molar-refractivity contribution >= 4 is 22.4 Å². The normalized spacial score (nSPS) is 24.3. The highest BCUT2D eigenvalue weighted by molar-refractivity contribution is 6.05. The largest absolute Gasteiger partial charge is 0.292 e. The Morgan fingerprint density at radius 1 is 1.32 bits per heavy atom. The summed E-state index contributed by atoms with van der Waals surface area (Å²) in [5, 5.41) is 11.4. The van der Waals surface area contributed by atoms with Crippen molar-refractivity contribution in [3.63, 3.8) is 0 Å². The monoisotopic (exact) mass is 294 g/mol. The Labute approximate surface area is 125 Å². The molecular weight excluding hydrogens is 280 g/mol. The third-order valence-corrected chi connectivity index (χ3v) is 4.38. The smallest absolute Gasteiger partial charge is 0.267 e. The molecular formula is C16H14N4O2. The van der Waals surface area contributed by atoms with E-state index in [4.69, 9.17) is 0 Å². The molecule has 1 saturated carbocycles. The lowest BCUT2D eigenvalue weighted by atomic mass is 9.74. The average molecular weight is 294 g/mol. The van der Waals surface area contributed by atoms with Crippen molar-refractivity contribution in [2.45, 2.75) is 12.8 Å². The number of hydrazone groups is 1. The van der Waals surface area contributed by atoms with Gasteiger partial charge in [0.25, 0.3) is 11.5 Å². The van der Waals surface area contributed by atoms with E-state index in [1.807, 2.05) is 0 Å². The summed E-state index contributed by atoms with van der Waals surface area (Å²) in [6.07, 6.45) is 6.28. The van der Waals surface area contributed by atoms with Crippen LogP contribution < -0.4 is 11.0 Å². The van der Waals surface area contributed by atoms with Crippen LogP contribution in [0.5, 0.6) is 0 Å². The number of nitrogens with one attached hydrogen (secondary N) is 2. The first kappa shape index (κ1) is 12.9. The number of carbonyl (C=O) groups is 1. The maximum Gasteiger partial charge on any atom is 0.292 e. The van der Waals surface area contributed by atoms with E-state index in [9.17, 15) is 9.59 Å². The zero-order valence-corrected chi connectivity index (χ0v) is 11.7. The van der Waals surface area contributed by atoms with Gasteiger partial charge in [-0.05, 0) is 24.8 Å². The molecule has 6 heteroatoms. The van der Waals surface area contributed by atoms with Gasteiger partial charge in [0.1, 0.15) is 0 Å². The predicted octanol–water partition coefficient (Wildman–Crippen LogP) is 1.60. The molecule has 2 aliphatic rings. The summed E-state index contributed by atoms with van der Waals surface area (Å²) in [6.45, 7) is 0. The van der Waals surface area contributed by atoms with E-state index in [1.165, 1.54) is 0 Å². The number of aromatic nitrogens is 2. The van der Waals surface area contributed by atoms with Crippen molar-refractivity contribution in [3.8, 4) is 0 Å². The van der Waals surface area contributed by atoms with Gasteiger partial charge < -0.3 is 0 Å². The van der Waals surface area contributed by atoms with Gasteiger partial charge in [0.2, 0.25) is 0 Å². The van der Waals surface area contributed by atoms with Gasteiger partial charge in [-0.2, -0.15) is 10.2 Å². The first-order valence-corrected chi connectivity index (χ1v) is 7.25. The number of allylic oxidation sites excluding steroid dienone is 2. The summed E-state index contributed by atoms with van der Waals surface area (Å²) in [7, 11) is 0. The molecule has 0 radical (unpaired) electrons. The second-order valence-electron chi connectivity index (χ2n) is 5.63. The summed E-state index contributed by atoms with van der Waals surface area (Å²) in [4.78, 5) is 24.0. The van der Waals surface area contributed by atoms with Gasteiger partial charge in [0, 0.05) is 17.0 Å². The van der Waals surface area contributed by atoms with Crippen LogP contribution in [0.15, 0.2) is 46.3 Å². The Balaban J connectivity index is 1.60. The van der Waals surface area contributed by atoms with Gasteiger partial charge in [-0.25, -0.2) is 10.5 Å². The lowest BCUT2D eigenvalue weighted by molar-refractivity contribution is 0.0950. The van der Waals surface area contributed by atoms with Crippen molar-refractivity contribution < 1.29 is 4.79 Å². The number of hydrogen-bond donors (Lipinski definition) is 2. The summed E-state index contributed by atoms with van der Waals surface area (Å²) >= 11 is 0. The quantitative estimate of drug-likeness (QED) is 0.651. The van der Waals surface area contributed by atoms with Gasteiger partial charge in [0.15, 0.2) is 5.69 Å². The van der Waals surface area contributed by atoms with E-state index in [2.05, 4.69) is 32.9 Å². The first-order chi connectivity index (χ1) is 10.7. The zero-order valence-electron chi connectivity index (χ0n) is 11.7. The van der Waals surface area contributed by atoms with Crippen LogP contribution in [0.4, 0.5) is 0 Å². The number of benzene rings is 1. The van der Waals surface area contributed by atoms with Crippen molar-refractivity contribution in [2.24, 2.45) is 16.9 Å². The SMILES string of the molecule is O=C(N/N=C1/C[C@H]2C=CC[C@H]12)c1n[nH]c(=O)c2ccccc12. The molecule has 1 heterocycles. The Morgan fingerprint density at radius 3 is 2.95 bits per heavy atom. The topological polar surface area (TPSA) is 87.2 Å². The van der Waals surface area contributed by atoms with Gasteiger partial charge >= 0.3 is 0 Å². The number of rotatable bonds is 2. The maximum atomic E-state index is 12.3. The van der Waals surface area contributed by atoms with Crippen LogP contribution in [0, 0.1) is 11.8 Å². The highest BCUT2D eigenvalue weighted by Crippen LogP contribution is 2.40. The van der Waals surface area contributed by atoms with Crippen LogP contribution >= 0.6 is 0 Å². The molecule has 22 heavy (non-hydrogen) atoms. The minimum absolute atomic E-state index is 0.181. The fourth-order valence-electron chi connectivity index (χ4n) is 3.13. The molecule has 0 bridgehead atoms. The Morgan fingerprint density at radius 2 is 2.14 bits per heavy atom. The molecule has 1 aromatic heterocycles. The van der Waals surface area contributed by atoms with Crippen molar-refractivity contribution in [2.75, 3.05) is 0 Å². The highest BCUT2D eigenvalue weighted by Gasteiger charge is 2.38. The molecule has 2 aromatic rings. The number of fused-ring (bicyclic) bond motifs is 2. The second-order valence-corrected chi connectivity index (χ2v) is 5.63. The molecule has 1 amide bonds. The number of aromatic amines is 1. The lowest BCUT2D eigenvalue weighted by Crippen LogP contribution is -2.35. The van der Waals surface area contributed by atoms with E-state index in [0.29, 0.717) is 22.6 Å². The van der Waals surface area contributed by atoms with E-state index in [-0.39, 0.29) is 11.3 Å². The highest BCUT2D eigenvalue weighted by atomic mass is 16.2. The van der Waals surface area contributed by atoms with Gasteiger partial charge in [0.05, 0.1) is 5.39 Å². The summed E-state index contributed by atoms with van der Waals surface area (Å²) in [5.74, 6) is 0.623. The molecule has 2 atom stereocenters. The third kappa shape index (κ3) is 1.95. The third-order valence-electron chi connectivity index (χ3n) is 4.38. The van der Waals surface area contributed by atoms with E-state index in [0.717, 1.165) is 18.6 Å². The van der Waals surface area contributed by atoms with Gasteiger partial charge in [-0.15, -0.1) is 0 Å². The van der Waals surface area contributed by atoms with Crippen molar-refractivity contribution in [1.29, 1.82) is 0 Å². The molecule has 2 N–H and O–H groups in total. The van der Waals surface area contributed by atoms with Crippen LogP contribution in [-0.4, -0.2) is 21.8 Å². The average Bonchev–Trinajstić information content (AvgIpc) is 2.89. The summed E-state index contributed by atoms with van der Waals surface area (Å²) in [5.41, 5.74) is 3.46. The molecule has 1 fully saturated rings. The molecule has 2 aliphatic carbocycles. The molecule has 6 nitrogen and oxygen atoms in total. The molecule has 0 unspecified atom stereocenters. The number of nitrogens with zero attached hydrogens (tertiary/aromatic N) is 2. The molecule has 1 aromatic carbocycles. The Hall–Kier alpha value is -2.76. The van der Waals surface area contributed by atoms with Crippen LogP contribution in [0.3, 0.4) is 0 Å². The van der Waals surface area contributed by atoms with Crippen LogP contribution in [0.2, 0.25) is 0 Å². The van der Waals surface area contributed by atoms with E-state index in [1.54, 1.807) is 24.3 Å². The number of carbonyl (C=O) groups excluding carboxylic acids is 1. The standard InChI is InChI=1S/C16H14N4O2/c21-15-12-6-2-1-5-11(12)14(18-19-15)16(22)20-17-13-8-9-4-3-7-10(9)13/h1-6,9-10H,7-8H2,(H,19,21)(H,20,22)/b17-13-/t9-,10+/m1/s1. The fraction of sp³-hybridized carbons (Fsp3) is 0.250. The number of H-pyrrole nitrogens is 1. The molecule has 0 spiro atoms. The van der Waals surface area contributed by atoms with Crippen molar-refractivity contribution in [3.05, 3.63) is 52.5 Å². The van der Waals surface area contributed by atoms with Crippen LogP contribution in [0.25, 0.3) is 10.8 Å². The van der Waals surface area contributed by atoms with Gasteiger partial charge in [-0.3, -0.25) is 9.59 Å². The fourth-order valence-corrected chi connectivity index (χ4v) is 3.13. The lowest BCUT2D eigenvalue weighted by Gasteiger charge is -2.31. The van der Waals surface area contributed by atoms with Crippen LogP contribution in [-0.2, 0) is 0 Å². The number of hydrogen-bond acceptors (Lipinski definition) is 4. The summed E-state index contributed by atoms with van der Waals surface area (Å²) in [6, 6.07) is 6.90. The molecule has 0 aliphatic heterocycles. The van der Waals surface area contributed by atoms with Crippen molar-refractivity contribution in [1.82, 2.24) is 15.6 Å². The zero-order chi connectivity index (χ0) is 15.1. The minimum Gasteiger partial charge on any atom is -0.267 e. The number of amides is 1. The van der Waals surface area contributed by atoms with E-state index >= 15 is 0 Å². The Kier molecular flexibility index (Phi) is 2.89. The molecule has 0 saturated heterocycles.